The number of esters is 1. The Bertz CT molecular complexity index is 1980. The molecular weight excluding hydrogens is 762 g/mol. The Labute approximate surface area is 294 Å². The number of allylic oxidation sites excluding steroid dienone is 1. The number of thiazole rings is 1. The maximum atomic E-state index is 14.1. The van der Waals surface area contributed by atoms with E-state index in [9.17, 15) is 9.59 Å². The Kier molecular flexibility index (Phi) is 10.8. The van der Waals surface area contributed by atoms with Crippen LogP contribution < -0.4 is 29.1 Å². The standard InChI is InChI=1S/C34H31Cl2IN2O6S/c1-6-43-33(41)29-19(4)38-34-39(30(29)22-9-12-26(45-18(2)3)27(16-22)42-5)32(40)28(46-34)15-21-13-24(35)31(25(36)14-21)44-17-20-7-10-23(37)11-8-20/h7-16,18,30H,6,17H2,1-5H3/b28-15-/t30-/m1/s1. The van der Waals surface area contributed by atoms with Crippen molar-refractivity contribution in [3.8, 4) is 17.2 Å². The molecule has 1 aliphatic heterocycles. The van der Waals surface area contributed by atoms with Gasteiger partial charge in [0.25, 0.3) is 5.56 Å². The minimum Gasteiger partial charge on any atom is -0.493 e. The van der Waals surface area contributed by atoms with E-state index in [0.29, 0.717) is 60.1 Å². The summed E-state index contributed by atoms with van der Waals surface area (Å²) in [5.74, 6) is 0.824. The molecule has 0 saturated heterocycles. The number of carbonyl (C=O) groups is 1. The van der Waals surface area contributed by atoms with Crippen molar-refractivity contribution in [3.63, 3.8) is 0 Å². The third kappa shape index (κ3) is 7.30. The van der Waals surface area contributed by atoms with Crippen molar-refractivity contribution in [2.45, 2.75) is 46.4 Å². The summed E-state index contributed by atoms with van der Waals surface area (Å²) in [4.78, 5) is 32.4. The third-order valence-electron chi connectivity index (χ3n) is 7.00. The molecule has 5 rings (SSSR count). The summed E-state index contributed by atoms with van der Waals surface area (Å²) in [7, 11) is 1.54. The van der Waals surface area contributed by atoms with Gasteiger partial charge in [0, 0.05) is 3.57 Å². The zero-order valence-corrected chi connectivity index (χ0v) is 30.2. The summed E-state index contributed by atoms with van der Waals surface area (Å²) in [6.07, 6.45) is 1.62. The molecule has 1 atom stereocenters. The van der Waals surface area contributed by atoms with Crippen molar-refractivity contribution in [1.29, 1.82) is 0 Å². The lowest BCUT2D eigenvalue weighted by atomic mass is 9.95. The van der Waals surface area contributed by atoms with Crippen LogP contribution in [0, 0.1) is 3.57 Å². The molecule has 0 bridgehead atoms. The molecule has 0 unspecified atom stereocenters. The fourth-order valence-electron chi connectivity index (χ4n) is 5.00. The molecule has 1 aromatic heterocycles. The third-order valence-corrected chi connectivity index (χ3v) is 9.26. The number of carbonyl (C=O) groups excluding carboxylic acids is 1. The molecule has 3 aromatic carbocycles. The summed E-state index contributed by atoms with van der Waals surface area (Å²) in [5.41, 5.74) is 2.61. The number of hydrogen-bond acceptors (Lipinski definition) is 8. The van der Waals surface area contributed by atoms with Gasteiger partial charge in [0.05, 0.1) is 51.7 Å². The van der Waals surface area contributed by atoms with Crippen LogP contribution in [0.5, 0.6) is 17.2 Å². The molecule has 0 spiro atoms. The van der Waals surface area contributed by atoms with E-state index in [1.54, 1.807) is 51.3 Å². The van der Waals surface area contributed by atoms with Gasteiger partial charge in [-0.2, -0.15) is 0 Å². The molecule has 0 N–H and O–H groups in total. The topological polar surface area (TPSA) is 88.4 Å². The number of methoxy groups -OCH3 is 1. The second-order valence-corrected chi connectivity index (χ2v) is 13.7. The van der Waals surface area contributed by atoms with Gasteiger partial charge in [-0.05, 0) is 109 Å². The van der Waals surface area contributed by atoms with Crippen molar-refractivity contribution < 1.29 is 23.7 Å². The SMILES string of the molecule is CCOC(=O)C1=C(C)N=c2s/c(=C\c3cc(Cl)c(OCc4ccc(I)cc4)c(Cl)c3)c(=O)n2[C@@H]1c1ccc(OC(C)C)c(OC)c1. The molecule has 46 heavy (non-hydrogen) atoms. The lowest BCUT2D eigenvalue weighted by molar-refractivity contribution is -0.139. The molecule has 2 heterocycles. The summed E-state index contributed by atoms with van der Waals surface area (Å²) in [6.45, 7) is 7.77. The van der Waals surface area contributed by atoms with Crippen molar-refractivity contribution in [1.82, 2.24) is 4.57 Å². The van der Waals surface area contributed by atoms with Gasteiger partial charge in [0.15, 0.2) is 22.0 Å². The first kappa shape index (κ1) is 34.0. The van der Waals surface area contributed by atoms with E-state index < -0.39 is 12.0 Å². The zero-order chi connectivity index (χ0) is 33.1. The number of benzene rings is 3. The van der Waals surface area contributed by atoms with Gasteiger partial charge in [-0.1, -0.05) is 52.7 Å². The molecule has 4 aromatic rings. The average molecular weight is 794 g/mol. The Balaban J connectivity index is 1.57. The molecule has 8 nitrogen and oxygen atoms in total. The number of aromatic nitrogens is 1. The summed E-state index contributed by atoms with van der Waals surface area (Å²) < 4.78 is 25.9. The van der Waals surface area contributed by atoms with Crippen molar-refractivity contribution >= 4 is 69.2 Å². The number of fused-ring (bicyclic) bond motifs is 1. The van der Waals surface area contributed by atoms with Gasteiger partial charge in [-0.25, -0.2) is 9.79 Å². The van der Waals surface area contributed by atoms with E-state index in [-0.39, 0.29) is 23.8 Å². The molecule has 12 heteroatoms. The van der Waals surface area contributed by atoms with Crippen LogP contribution in [0.2, 0.25) is 10.0 Å². The van der Waals surface area contributed by atoms with Crippen LogP contribution in [0.1, 0.15) is 50.4 Å². The number of hydrogen-bond donors (Lipinski definition) is 0. The highest BCUT2D eigenvalue weighted by atomic mass is 127. The summed E-state index contributed by atoms with van der Waals surface area (Å²) in [6, 6.07) is 15.9. The molecule has 0 saturated carbocycles. The van der Waals surface area contributed by atoms with Crippen LogP contribution >= 0.6 is 57.1 Å². The number of nitrogens with zero attached hydrogens (tertiary/aromatic N) is 2. The fourth-order valence-corrected chi connectivity index (χ4v) is 7.02. The van der Waals surface area contributed by atoms with E-state index in [1.807, 2.05) is 44.2 Å². The van der Waals surface area contributed by atoms with E-state index in [2.05, 4.69) is 27.6 Å². The van der Waals surface area contributed by atoms with Crippen LogP contribution in [0.25, 0.3) is 6.08 Å². The highest BCUT2D eigenvalue weighted by molar-refractivity contribution is 14.1. The van der Waals surface area contributed by atoms with Gasteiger partial charge in [0.1, 0.15) is 6.61 Å². The van der Waals surface area contributed by atoms with E-state index in [1.165, 1.54) is 15.9 Å². The highest BCUT2D eigenvalue weighted by Crippen LogP contribution is 2.37. The van der Waals surface area contributed by atoms with Crippen molar-refractivity contribution in [2.75, 3.05) is 13.7 Å². The Morgan fingerprint density at radius 3 is 2.41 bits per heavy atom. The molecule has 0 aliphatic carbocycles. The van der Waals surface area contributed by atoms with Gasteiger partial charge in [-0.3, -0.25) is 9.36 Å². The second-order valence-electron chi connectivity index (χ2n) is 10.6. The minimum atomic E-state index is -0.816. The first-order valence-electron chi connectivity index (χ1n) is 14.4. The van der Waals surface area contributed by atoms with Crippen LogP contribution in [-0.2, 0) is 16.1 Å². The molecule has 0 fully saturated rings. The van der Waals surface area contributed by atoms with Crippen LogP contribution in [0.4, 0.5) is 0 Å². The Morgan fingerprint density at radius 1 is 1.09 bits per heavy atom. The lowest BCUT2D eigenvalue weighted by Crippen LogP contribution is -2.40. The maximum absolute atomic E-state index is 14.1. The quantitative estimate of drug-likeness (QED) is 0.126. The normalized spacial score (nSPS) is 14.6. The fraction of sp³-hybridized carbons (Fsp3) is 0.265. The maximum Gasteiger partial charge on any atom is 0.338 e. The lowest BCUT2D eigenvalue weighted by Gasteiger charge is -2.25. The number of ether oxygens (including phenoxy) is 4. The molecule has 0 radical (unpaired) electrons. The summed E-state index contributed by atoms with van der Waals surface area (Å²) in [5, 5.41) is 0.623. The molecule has 1 aliphatic rings. The van der Waals surface area contributed by atoms with Gasteiger partial charge < -0.3 is 18.9 Å². The second kappa shape index (κ2) is 14.6. The molecule has 240 valence electrons. The first-order chi connectivity index (χ1) is 22.0. The van der Waals surface area contributed by atoms with Crippen LogP contribution in [-0.4, -0.2) is 30.4 Å². The predicted octanol–water partition coefficient (Wildman–Crippen LogP) is 7.08. The minimum absolute atomic E-state index is 0.0785. The smallest absolute Gasteiger partial charge is 0.338 e. The number of halogens is 3. The zero-order valence-electron chi connectivity index (χ0n) is 25.7. The van der Waals surface area contributed by atoms with Crippen molar-refractivity contribution in [2.24, 2.45) is 4.99 Å². The Morgan fingerprint density at radius 2 is 1.78 bits per heavy atom. The molecular formula is C34H31Cl2IN2O6S. The van der Waals surface area contributed by atoms with Gasteiger partial charge in [0.2, 0.25) is 0 Å². The van der Waals surface area contributed by atoms with Crippen molar-refractivity contribution in [3.05, 3.63) is 116 Å². The van der Waals surface area contributed by atoms with E-state index >= 15 is 0 Å². The van der Waals surface area contributed by atoms with E-state index in [4.69, 9.17) is 42.1 Å². The highest BCUT2D eigenvalue weighted by Gasteiger charge is 2.34. The van der Waals surface area contributed by atoms with Gasteiger partial charge >= 0.3 is 5.97 Å². The van der Waals surface area contributed by atoms with E-state index in [0.717, 1.165) is 9.13 Å². The van der Waals surface area contributed by atoms with Crippen LogP contribution in [0.15, 0.2) is 75.7 Å². The number of rotatable bonds is 10. The average Bonchev–Trinajstić information content (AvgIpc) is 3.30. The molecule has 0 amide bonds. The summed E-state index contributed by atoms with van der Waals surface area (Å²) >= 11 is 16.7. The first-order valence-corrected chi connectivity index (χ1v) is 17.1. The largest absolute Gasteiger partial charge is 0.493 e. The predicted molar refractivity (Wildman–Crippen MR) is 189 cm³/mol. The Hall–Kier alpha value is -3.32. The van der Waals surface area contributed by atoms with Crippen LogP contribution in [0.3, 0.4) is 0 Å². The monoisotopic (exact) mass is 792 g/mol. The van der Waals surface area contributed by atoms with Gasteiger partial charge in [-0.15, -0.1) is 0 Å².